The van der Waals surface area contributed by atoms with E-state index in [9.17, 15) is 14.7 Å². The van der Waals surface area contributed by atoms with E-state index in [2.05, 4.69) is 29.0 Å². The van der Waals surface area contributed by atoms with Gasteiger partial charge in [0.1, 0.15) is 11.4 Å². The van der Waals surface area contributed by atoms with E-state index in [-0.39, 0.29) is 5.97 Å². The molecular weight excluding hydrogens is 621 g/mol. The zero-order valence-corrected chi connectivity index (χ0v) is 29.2. The van der Waals surface area contributed by atoms with Gasteiger partial charge in [-0.2, -0.15) is 0 Å². The predicted octanol–water partition coefficient (Wildman–Crippen LogP) is 6.95. The molecular formula is C34H46N6O4S2. The molecule has 2 atom stereocenters. The van der Waals surface area contributed by atoms with Crippen LogP contribution in [0.3, 0.4) is 0 Å². The number of hydrogen-bond acceptors (Lipinski definition) is 9. The minimum atomic E-state index is -0.895. The first-order valence-electron chi connectivity index (χ1n) is 16.2. The first-order valence-corrected chi connectivity index (χ1v) is 18.0. The van der Waals surface area contributed by atoms with Gasteiger partial charge >= 0.3 is 11.9 Å². The lowest BCUT2D eigenvalue weighted by atomic mass is 10.0. The standard InChI is InChI=1S/C18H25N3O2S.C16H21N3O2S/c1-4-23-17(22)16-8-14(3)10-21(16)11-15-12-24-18(19-15)20-7-5-6-13(2)9-20;1-11-4-3-5-18(7-11)16-17-13(10-22-16)9-19-8-12(2)6-14(19)15(20)21/h8,10,12-13H,4-7,9,11H2,1-3H3;6,8,10-11H,3-5,7,9H2,1-2H3,(H,20,21). The Morgan fingerprint density at radius 2 is 1.33 bits per heavy atom. The molecule has 4 aromatic rings. The Kier molecular flexibility index (Phi) is 11.2. The maximum Gasteiger partial charge on any atom is 0.354 e. The number of anilines is 2. The monoisotopic (exact) mass is 666 g/mol. The van der Waals surface area contributed by atoms with Gasteiger partial charge in [0, 0.05) is 49.3 Å². The second kappa shape index (κ2) is 15.3. The van der Waals surface area contributed by atoms with E-state index in [1.807, 2.05) is 49.2 Å². The van der Waals surface area contributed by atoms with Crippen molar-refractivity contribution >= 4 is 44.9 Å². The molecule has 0 saturated carbocycles. The normalized spacial score (nSPS) is 18.3. The molecule has 0 aliphatic carbocycles. The number of aromatic nitrogens is 4. The molecule has 2 aliphatic heterocycles. The van der Waals surface area contributed by atoms with Crippen LogP contribution < -0.4 is 9.80 Å². The van der Waals surface area contributed by atoms with Gasteiger partial charge in [-0.05, 0) is 81.5 Å². The van der Waals surface area contributed by atoms with Crippen molar-refractivity contribution in [2.45, 2.75) is 73.4 Å². The van der Waals surface area contributed by atoms with Gasteiger partial charge in [0.05, 0.1) is 31.1 Å². The summed E-state index contributed by atoms with van der Waals surface area (Å²) in [6.07, 6.45) is 8.90. The molecule has 2 fully saturated rings. The number of nitrogens with zero attached hydrogens (tertiary/aromatic N) is 6. The number of piperidine rings is 2. The summed E-state index contributed by atoms with van der Waals surface area (Å²) in [7, 11) is 0. The van der Waals surface area contributed by atoms with Crippen LogP contribution in [0.1, 0.15) is 89.9 Å². The average Bonchev–Trinajstić information content (AvgIpc) is 3.82. The summed E-state index contributed by atoms with van der Waals surface area (Å²) in [5.41, 5.74) is 4.84. The molecule has 2 saturated heterocycles. The SMILES string of the molecule is CCOC(=O)c1cc(C)cn1Cc1csc(N2CCCC(C)C2)n1.Cc1cc(C(=O)O)n(Cc2csc(N3CCCC(C)C3)n2)c1. The van der Waals surface area contributed by atoms with E-state index in [1.165, 1.54) is 25.7 Å². The van der Waals surface area contributed by atoms with Crippen molar-refractivity contribution in [2.24, 2.45) is 11.8 Å². The number of aromatic carboxylic acids is 1. The number of carboxylic acids is 1. The minimum Gasteiger partial charge on any atom is -0.477 e. The molecule has 6 rings (SSSR count). The summed E-state index contributed by atoms with van der Waals surface area (Å²) >= 11 is 3.35. The molecule has 2 aliphatic rings. The van der Waals surface area contributed by atoms with Crippen LogP contribution in [0.4, 0.5) is 10.3 Å². The third-order valence-corrected chi connectivity index (χ3v) is 10.3. The van der Waals surface area contributed by atoms with Gasteiger partial charge in [0.2, 0.25) is 0 Å². The Balaban J connectivity index is 0.000000182. The zero-order valence-electron chi connectivity index (χ0n) is 27.6. The lowest BCUT2D eigenvalue weighted by molar-refractivity contribution is 0.0513. The van der Waals surface area contributed by atoms with E-state index in [1.54, 1.807) is 33.3 Å². The van der Waals surface area contributed by atoms with Gasteiger partial charge in [0.25, 0.3) is 0 Å². The summed E-state index contributed by atoms with van der Waals surface area (Å²) in [6, 6.07) is 3.57. The number of carbonyl (C=O) groups excluding carboxylic acids is 1. The van der Waals surface area contributed by atoms with Gasteiger partial charge < -0.3 is 28.8 Å². The van der Waals surface area contributed by atoms with E-state index in [0.717, 1.165) is 64.9 Å². The summed E-state index contributed by atoms with van der Waals surface area (Å²) in [5, 5.41) is 15.5. The van der Waals surface area contributed by atoms with Crippen LogP contribution in [0.25, 0.3) is 0 Å². The second-order valence-electron chi connectivity index (χ2n) is 12.7. The quantitative estimate of drug-likeness (QED) is 0.191. The van der Waals surface area contributed by atoms with Crippen LogP contribution in [0.2, 0.25) is 0 Å². The molecule has 0 aromatic carbocycles. The molecule has 0 bridgehead atoms. The average molecular weight is 667 g/mol. The second-order valence-corrected chi connectivity index (χ2v) is 14.4. The van der Waals surface area contributed by atoms with Crippen LogP contribution in [0.15, 0.2) is 35.3 Å². The van der Waals surface area contributed by atoms with Crippen molar-refractivity contribution in [3.63, 3.8) is 0 Å². The largest absolute Gasteiger partial charge is 0.477 e. The molecule has 12 heteroatoms. The fourth-order valence-electron chi connectivity index (χ4n) is 6.23. The van der Waals surface area contributed by atoms with Crippen molar-refractivity contribution < 1.29 is 19.4 Å². The number of esters is 1. The maximum atomic E-state index is 12.1. The van der Waals surface area contributed by atoms with Crippen molar-refractivity contribution in [1.82, 2.24) is 19.1 Å². The Morgan fingerprint density at radius 1 is 0.848 bits per heavy atom. The van der Waals surface area contributed by atoms with Crippen LogP contribution >= 0.6 is 22.7 Å². The van der Waals surface area contributed by atoms with Crippen LogP contribution in [0.5, 0.6) is 0 Å². The lowest BCUT2D eigenvalue weighted by Gasteiger charge is -2.30. The highest BCUT2D eigenvalue weighted by atomic mass is 32.1. The Hall–Kier alpha value is -3.64. The summed E-state index contributed by atoms with van der Waals surface area (Å²) in [6.45, 7) is 16.1. The zero-order chi connectivity index (χ0) is 32.8. The highest BCUT2D eigenvalue weighted by Gasteiger charge is 2.21. The van der Waals surface area contributed by atoms with Crippen LogP contribution in [-0.4, -0.2) is 68.9 Å². The third-order valence-electron chi connectivity index (χ3n) is 8.37. The molecule has 0 amide bonds. The van der Waals surface area contributed by atoms with Gasteiger partial charge in [0.15, 0.2) is 10.3 Å². The summed E-state index contributed by atoms with van der Waals surface area (Å²) < 4.78 is 8.84. The van der Waals surface area contributed by atoms with Gasteiger partial charge in [-0.3, -0.25) is 0 Å². The third kappa shape index (κ3) is 8.58. The van der Waals surface area contributed by atoms with Gasteiger partial charge in [-0.25, -0.2) is 19.6 Å². The molecule has 10 nitrogen and oxygen atoms in total. The first kappa shape index (κ1) is 33.7. The summed E-state index contributed by atoms with van der Waals surface area (Å²) in [4.78, 5) is 37.6. The van der Waals surface area contributed by atoms with E-state index < -0.39 is 5.97 Å². The minimum absolute atomic E-state index is 0.272. The van der Waals surface area contributed by atoms with Gasteiger partial charge in [-0.1, -0.05) is 13.8 Å². The number of carboxylic acid groups (broad SMARTS) is 1. The van der Waals surface area contributed by atoms with Crippen LogP contribution in [0, 0.1) is 25.7 Å². The van der Waals surface area contributed by atoms with E-state index >= 15 is 0 Å². The molecule has 0 radical (unpaired) electrons. The smallest absolute Gasteiger partial charge is 0.354 e. The number of rotatable bonds is 9. The number of ether oxygens (including phenoxy) is 1. The summed E-state index contributed by atoms with van der Waals surface area (Å²) in [5.74, 6) is 0.278. The molecule has 1 N–H and O–H groups in total. The van der Waals surface area contributed by atoms with E-state index in [4.69, 9.17) is 14.7 Å². The van der Waals surface area contributed by atoms with Crippen molar-refractivity contribution in [3.05, 3.63) is 69.2 Å². The number of thiazole rings is 2. The number of aryl methyl sites for hydroxylation is 2. The fraction of sp³-hybridized carbons (Fsp3) is 0.529. The number of hydrogen-bond donors (Lipinski definition) is 1. The highest BCUT2D eigenvalue weighted by molar-refractivity contribution is 7.14. The fourth-order valence-corrected chi connectivity index (χ4v) is 7.94. The Morgan fingerprint density at radius 3 is 1.78 bits per heavy atom. The number of carbonyl (C=O) groups is 2. The first-order chi connectivity index (χ1) is 22.1. The maximum absolute atomic E-state index is 12.1. The van der Waals surface area contributed by atoms with Crippen molar-refractivity contribution in [2.75, 3.05) is 42.6 Å². The topological polar surface area (TPSA) is 106 Å². The molecule has 46 heavy (non-hydrogen) atoms. The highest BCUT2D eigenvalue weighted by Crippen LogP contribution is 2.28. The van der Waals surface area contributed by atoms with Crippen molar-refractivity contribution in [3.8, 4) is 0 Å². The molecule has 6 heterocycles. The Labute approximate surface area is 279 Å². The molecule has 0 spiro atoms. The Bertz CT molecular complexity index is 1620. The van der Waals surface area contributed by atoms with E-state index in [0.29, 0.717) is 37.0 Å². The molecule has 2 unspecified atom stereocenters. The van der Waals surface area contributed by atoms with Crippen molar-refractivity contribution in [1.29, 1.82) is 0 Å². The molecule has 248 valence electrons. The van der Waals surface area contributed by atoms with Gasteiger partial charge in [-0.15, -0.1) is 22.7 Å². The predicted molar refractivity (Wildman–Crippen MR) is 185 cm³/mol. The molecule has 4 aromatic heterocycles. The lowest BCUT2D eigenvalue weighted by Crippen LogP contribution is -2.34. The van der Waals surface area contributed by atoms with Crippen LogP contribution in [-0.2, 0) is 17.8 Å².